The van der Waals surface area contributed by atoms with Crippen molar-refractivity contribution in [1.82, 2.24) is 10.2 Å². The summed E-state index contributed by atoms with van der Waals surface area (Å²) >= 11 is 0. The fourth-order valence-corrected chi connectivity index (χ4v) is 7.23. The quantitative estimate of drug-likeness (QED) is 0.265. The smallest absolute Gasteiger partial charge is 0.253 e. The Morgan fingerprint density at radius 3 is 2.54 bits per heavy atom. The Bertz CT molecular complexity index is 1530. The number of carbonyl (C=O) groups is 2. The Morgan fingerprint density at radius 1 is 1.20 bits per heavy atom. The number of primary amides is 1. The maximum atomic E-state index is 14.2. The maximum Gasteiger partial charge on any atom is 0.253 e. The van der Waals surface area contributed by atoms with E-state index in [0.29, 0.717) is 24.1 Å². The molecular formula is C29H34N4O8. The molecule has 12 heteroatoms. The van der Waals surface area contributed by atoms with Crippen LogP contribution in [-0.2, 0) is 29.0 Å². The average molecular weight is 567 g/mol. The van der Waals surface area contributed by atoms with Crippen LogP contribution in [0.3, 0.4) is 0 Å². The number of likely N-dealkylation sites (N-methyl/N-ethyl adjacent to an activating group) is 1. The van der Waals surface area contributed by atoms with Gasteiger partial charge in [0.1, 0.15) is 28.6 Å². The molecule has 3 aliphatic carbocycles. The van der Waals surface area contributed by atoms with Crippen LogP contribution in [0.4, 0.5) is 5.69 Å². The van der Waals surface area contributed by atoms with E-state index in [0.717, 1.165) is 11.4 Å². The molecule has 1 aromatic heterocycles. The molecule has 1 amide bonds. The number of ether oxygens (including phenoxy) is 1. The van der Waals surface area contributed by atoms with Crippen molar-refractivity contribution in [3.63, 3.8) is 0 Å². The van der Waals surface area contributed by atoms with E-state index in [1.54, 1.807) is 31.3 Å². The highest BCUT2D eigenvalue weighted by molar-refractivity contribution is 6.14. The number of Topliss-reactive ketones (excluding diaryl/α,β-unsaturated/α-hetero) is 1. The highest BCUT2D eigenvalue weighted by atomic mass is 16.8. The number of hydrogen-bond acceptors (Lipinski definition) is 11. The number of anilines is 1. The largest absolute Gasteiger partial charge is 0.510 e. The highest BCUT2D eigenvalue weighted by Gasteiger charge is 2.84. The number of aromatic hydroxyl groups is 1. The lowest BCUT2D eigenvalue weighted by molar-refractivity contribution is -0.117. The van der Waals surface area contributed by atoms with Gasteiger partial charge in [0.25, 0.3) is 5.91 Å². The summed E-state index contributed by atoms with van der Waals surface area (Å²) in [5.74, 6) is -5.63. The van der Waals surface area contributed by atoms with Crippen molar-refractivity contribution >= 4 is 17.4 Å². The zero-order valence-electron chi connectivity index (χ0n) is 23.3. The number of aliphatic hydroxyl groups excluding tert-OH is 2. The monoisotopic (exact) mass is 566 g/mol. The summed E-state index contributed by atoms with van der Waals surface area (Å²) in [4.78, 5) is 30.1. The minimum Gasteiger partial charge on any atom is -0.510 e. The van der Waals surface area contributed by atoms with Crippen LogP contribution in [0.15, 0.2) is 51.5 Å². The molecule has 12 nitrogen and oxygen atoms in total. The lowest BCUT2D eigenvalue weighted by atomic mass is 9.60. The number of allylic oxidation sites excluding steroid dienone is 1. The van der Waals surface area contributed by atoms with Crippen LogP contribution in [0, 0.1) is 11.8 Å². The Kier molecular flexibility index (Phi) is 6.05. The van der Waals surface area contributed by atoms with E-state index < -0.39 is 58.0 Å². The third-order valence-corrected chi connectivity index (χ3v) is 8.97. The molecule has 6 rings (SSSR count). The van der Waals surface area contributed by atoms with E-state index in [1.165, 1.54) is 0 Å². The summed E-state index contributed by atoms with van der Waals surface area (Å²) < 4.78 is 11.1. The SMILES string of the molecule is CN(C)c1cc(CNCc2ccco2)c(O)c2c1C[C@H]1C[C@H]3[C@H](N(C)C)C(O)=C(C(N)=O)C4(O)O[C@]34C(O)=C1C2=O. The molecule has 5 atom stereocenters. The Labute approximate surface area is 236 Å². The molecule has 1 aliphatic heterocycles. The zero-order chi connectivity index (χ0) is 29.6. The summed E-state index contributed by atoms with van der Waals surface area (Å²) in [6.07, 6.45) is 2.15. The number of aliphatic hydroxyl groups is 3. The Balaban J connectivity index is 1.46. The molecule has 2 heterocycles. The zero-order valence-corrected chi connectivity index (χ0v) is 23.3. The van der Waals surface area contributed by atoms with Gasteiger partial charge in [0, 0.05) is 43.4 Å². The lowest BCUT2D eigenvalue weighted by Gasteiger charge is -2.46. The fraction of sp³-hybridized carbons (Fsp3) is 0.448. The first-order chi connectivity index (χ1) is 19.3. The van der Waals surface area contributed by atoms with E-state index >= 15 is 0 Å². The third-order valence-electron chi connectivity index (χ3n) is 8.97. The minimum absolute atomic E-state index is 0.0214. The first-order valence-corrected chi connectivity index (χ1v) is 13.4. The molecule has 218 valence electrons. The van der Waals surface area contributed by atoms with Crippen molar-refractivity contribution in [3.05, 3.63) is 69.6 Å². The van der Waals surface area contributed by atoms with Crippen molar-refractivity contribution in [3.8, 4) is 5.75 Å². The third kappa shape index (κ3) is 3.61. The van der Waals surface area contributed by atoms with E-state index in [1.807, 2.05) is 31.1 Å². The van der Waals surface area contributed by atoms with Crippen molar-refractivity contribution in [2.24, 2.45) is 17.6 Å². The molecule has 1 saturated heterocycles. The number of fused-ring (bicyclic) bond motifs is 2. The summed E-state index contributed by atoms with van der Waals surface area (Å²) in [7, 11) is 7.10. The number of rotatable bonds is 7. The standard InChI is InChI=1S/C29H34N4O8/c1-32(2)18-10-14(11-31-12-15-6-5-7-40-15)23(34)20-16(18)8-13-9-17-22(33(3)4)25(36)21(27(30)38)29(39)28(17,41-29)26(37)19(13)24(20)35/h5-7,10,13,17,22,31,34,36-37,39H,8-9,11-12H2,1-4H3,(H2,30,38)/t13-,17-,22-,28-,29?/m0/s1. The van der Waals surface area contributed by atoms with Crippen LogP contribution < -0.4 is 16.0 Å². The van der Waals surface area contributed by atoms with Crippen molar-refractivity contribution in [1.29, 1.82) is 0 Å². The number of furan rings is 1. The molecule has 0 bridgehead atoms. The van der Waals surface area contributed by atoms with Gasteiger partial charge in [-0.05, 0) is 56.6 Å². The second-order valence-electron chi connectivity index (χ2n) is 11.7. The van der Waals surface area contributed by atoms with Crippen LogP contribution in [0.1, 0.15) is 33.7 Å². The van der Waals surface area contributed by atoms with Gasteiger partial charge in [0.2, 0.25) is 5.79 Å². The Morgan fingerprint density at radius 2 is 1.93 bits per heavy atom. The van der Waals surface area contributed by atoms with Crippen molar-refractivity contribution < 1.29 is 39.2 Å². The molecule has 1 fully saturated rings. The highest BCUT2D eigenvalue weighted by Crippen LogP contribution is 2.68. The van der Waals surface area contributed by atoms with Crippen LogP contribution >= 0.6 is 0 Å². The Hall–Kier alpha value is -3.84. The van der Waals surface area contributed by atoms with Gasteiger partial charge in [0.15, 0.2) is 11.4 Å². The number of nitrogens with two attached hydrogens (primary N) is 1. The second-order valence-corrected chi connectivity index (χ2v) is 11.7. The summed E-state index contributed by atoms with van der Waals surface area (Å²) in [5.41, 5.74) is 5.15. The van der Waals surface area contributed by atoms with Gasteiger partial charge in [-0.3, -0.25) is 14.5 Å². The summed E-state index contributed by atoms with van der Waals surface area (Å²) in [5, 5.41) is 48.8. The molecular weight excluding hydrogens is 532 g/mol. The first kappa shape index (κ1) is 27.3. The van der Waals surface area contributed by atoms with Gasteiger partial charge in [-0.1, -0.05) is 0 Å². The van der Waals surface area contributed by atoms with Crippen LogP contribution in [-0.4, -0.2) is 82.6 Å². The number of ketones is 1. The number of nitrogens with one attached hydrogen (secondary N) is 1. The number of hydrogen-bond donors (Lipinski definition) is 6. The number of benzene rings is 1. The number of carbonyl (C=O) groups excluding carboxylic acids is 2. The number of epoxide rings is 1. The molecule has 2 aromatic rings. The van der Waals surface area contributed by atoms with Gasteiger partial charge < -0.3 is 45.5 Å². The predicted molar refractivity (Wildman–Crippen MR) is 146 cm³/mol. The van der Waals surface area contributed by atoms with Gasteiger partial charge in [-0.2, -0.15) is 0 Å². The molecule has 0 saturated carbocycles. The van der Waals surface area contributed by atoms with Gasteiger partial charge >= 0.3 is 0 Å². The topological polar surface area (TPSA) is 185 Å². The molecule has 4 aliphatic rings. The molecule has 1 unspecified atom stereocenters. The van der Waals surface area contributed by atoms with Crippen molar-refractivity contribution in [2.45, 2.75) is 43.4 Å². The van der Waals surface area contributed by atoms with E-state index in [4.69, 9.17) is 14.9 Å². The van der Waals surface area contributed by atoms with Crippen LogP contribution in [0.2, 0.25) is 0 Å². The molecule has 41 heavy (non-hydrogen) atoms. The normalized spacial score (nSPS) is 30.1. The van der Waals surface area contributed by atoms with Gasteiger partial charge in [-0.25, -0.2) is 0 Å². The molecule has 1 spiro atoms. The minimum atomic E-state index is -2.38. The number of phenols is 1. The molecule has 7 N–H and O–H groups in total. The molecule has 1 aromatic carbocycles. The van der Waals surface area contributed by atoms with E-state index in [2.05, 4.69) is 5.32 Å². The van der Waals surface area contributed by atoms with Gasteiger partial charge in [0.05, 0.1) is 24.4 Å². The summed E-state index contributed by atoms with van der Waals surface area (Å²) in [6.45, 7) is 0.659. The predicted octanol–water partition coefficient (Wildman–Crippen LogP) is 1.23. The second kappa shape index (κ2) is 9.08. The maximum absolute atomic E-state index is 14.2. The first-order valence-electron chi connectivity index (χ1n) is 13.4. The summed E-state index contributed by atoms with van der Waals surface area (Å²) in [6, 6.07) is 4.63. The number of amides is 1. The van der Waals surface area contributed by atoms with E-state index in [9.17, 15) is 30.0 Å². The van der Waals surface area contributed by atoms with Gasteiger partial charge in [-0.15, -0.1) is 0 Å². The lowest BCUT2D eigenvalue weighted by Crippen LogP contribution is -2.57. The van der Waals surface area contributed by atoms with Crippen molar-refractivity contribution in [2.75, 3.05) is 33.1 Å². The number of phenolic OH excluding ortho intramolecular Hbond substituents is 1. The molecule has 0 radical (unpaired) electrons. The van der Waals surface area contributed by atoms with Crippen LogP contribution in [0.25, 0.3) is 0 Å². The average Bonchev–Trinajstić information content (AvgIpc) is 3.22. The fourth-order valence-electron chi connectivity index (χ4n) is 7.23. The van der Waals surface area contributed by atoms with E-state index in [-0.39, 0.29) is 29.9 Å². The number of nitrogens with zero attached hydrogens (tertiary/aromatic N) is 2. The van der Waals surface area contributed by atoms with Crippen LogP contribution in [0.5, 0.6) is 5.75 Å².